The molecule has 2 atom stereocenters. The molecule has 2 aliphatic rings. The third kappa shape index (κ3) is 4.40. The van der Waals surface area contributed by atoms with E-state index in [0.717, 1.165) is 19.0 Å². The van der Waals surface area contributed by atoms with Crippen molar-refractivity contribution in [2.75, 3.05) is 32.8 Å². The molecule has 3 nitrogen and oxygen atoms in total. The normalized spacial score (nSPS) is 30.7. The van der Waals surface area contributed by atoms with Crippen LogP contribution < -0.4 is 5.32 Å². The second-order valence-electron chi connectivity index (χ2n) is 5.38. The van der Waals surface area contributed by atoms with Gasteiger partial charge < -0.3 is 10.1 Å². The Morgan fingerprint density at radius 3 is 2.67 bits per heavy atom. The minimum Gasteiger partial charge on any atom is -0.371 e. The molecular weight excluding hydrogens is 245 g/mol. The number of halogens is 3. The van der Waals surface area contributed by atoms with E-state index in [9.17, 15) is 13.2 Å². The van der Waals surface area contributed by atoms with Crippen molar-refractivity contribution in [1.29, 1.82) is 0 Å². The van der Waals surface area contributed by atoms with E-state index in [1.807, 2.05) is 0 Å². The summed E-state index contributed by atoms with van der Waals surface area (Å²) in [6.07, 6.45) is -1.71. The van der Waals surface area contributed by atoms with E-state index in [1.165, 1.54) is 12.8 Å². The SMILES string of the molecule is CC1CN(CCOCC(F)(F)F)C(C2CC2)CN1. The van der Waals surface area contributed by atoms with Gasteiger partial charge >= 0.3 is 6.18 Å². The van der Waals surface area contributed by atoms with Gasteiger partial charge in [0.25, 0.3) is 0 Å². The molecule has 0 aromatic rings. The summed E-state index contributed by atoms with van der Waals surface area (Å²) in [6.45, 7) is 3.58. The lowest BCUT2D eigenvalue weighted by Gasteiger charge is -2.39. The largest absolute Gasteiger partial charge is 0.411 e. The molecule has 2 fully saturated rings. The van der Waals surface area contributed by atoms with Crippen LogP contribution >= 0.6 is 0 Å². The number of alkyl halides is 3. The van der Waals surface area contributed by atoms with Crippen LogP contribution in [-0.2, 0) is 4.74 Å². The number of piperazine rings is 1. The smallest absolute Gasteiger partial charge is 0.371 e. The standard InChI is InChI=1S/C12H21F3N2O/c1-9-7-17(4-5-18-8-12(13,14)15)11(6-16-9)10-2-3-10/h9-11,16H,2-8H2,1H3. The van der Waals surface area contributed by atoms with Crippen molar-refractivity contribution in [3.8, 4) is 0 Å². The molecule has 1 heterocycles. The quantitative estimate of drug-likeness (QED) is 0.766. The second-order valence-corrected chi connectivity index (χ2v) is 5.38. The summed E-state index contributed by atoms with van der Waals surface area (Å²) >= 11 is 0. The highest BCUT2D eigenvalue weighted by Gasteiger charge is 2.37. The third-order valence-corrected chi connectivity index (χ3v) is 3.61. The average molecular weight is 266 g/mol. The highest BCUT2D eigenvalue weighted by atomic mass is 19.4. The van der Waals surface area contributed by atoms with Gasteiger partial charge in [-0.2, -0.15) is 13.2 Å². The van der Waals surface area contributed by atoms with E-state index in [-0.39, 0.29) is 6.61 Å². The zero-order valence-corrected chi connectivity index (χ0v) is 10.7. The van der Waals surface area contributed by atoms with Crippen LogP contribution in [0.2, 0.25) is 0 Å². The molecule has 0 spiro atoms. The first-order valence-electron chi connectivity index (χ1n) is 6.57. The van der Waals surface area contributed by atoms with Gasteiger partial charge in [-0.1, -0.05) is 0 Å². The number of hydrogen-bond donors (Lipinski definition) is 1. The van der Waals surface area contributed by atoms with Gasteiger partial charge in [-0.3, -0.25) is 4.90 Å². The predicted octanol–water partition coefficient (Wildman–Crippen LogP) is 1.64. The first kappa shape index (κ1) is 14.1. The van der Waals surface area contributed by atoms with Crippen molar-refractivity contribution >= 4 is 0 Å². The molecule has 1 N–H and O–H groups in total. The van der Waals surface area contributed by atoms with Gasteiger partial charge in [0.15, 0.2) is 0 Å². The van der Waals surface area contributed by atoms with Crippen molar-refractivity contribution in [2.45, 2.75) is 38.0 Å². The van der Waals surface area contributed by atoms with Crippen molar-refractivity contribution in [1.82, 2.24) is 10.2 Å². The Morgan fingerprint density at radius 1 is 1.33 bits per heavy atom. The zero-order valence-electron chi connectivity index (χ0n) is 10.7. The summed E-state index contributed by atoms with van der Waals surface area (Å²) in [5.74, 6) is 0.729. The molecule has 1 saturated carbocycles. The monoisotopic (exact) mass is 266 g/mol. The second kappa shape index (κ2) is 5.75. The van der Waals surface area contributed by atoms with E-state index in [0.29, 0.717) is 18.6 Å². The molecule has 0 aromatic heterocycles. The van der Waals surface area contributed by atoms with Crippen LogP contribution in [0.15, 0.2) is 0 Å². The molecule has 6 heteroatoms. The molecule has 18 heavy (non-hydrogen) atoms. The lowest BCUT2D eigenvalue weighted by atomic mass is 10.1. The molecule has 106 valence electrons. The summed E-state index contributed by atoms with van der Waals surface area (Å²) in [6, 6.07) is 0.887. The predicted molar refractivity (Wildman–Crippen MR) is 62.4 cm³/mol. The summed E-state index contributed by atoms with van der Waals surface area (Å²) in [5.41, 5.74) is 0. The van der Waals surface area contributed by atoms with E-state index >= 15 is 0 Å². The van der Waals surface area contributed by atoms with Crippen molar-refractivity contribution in [3.63, 3.8) is 0 Å². The number of ether oxygens (including phenoxy) is 1. The topological polar surface area (TPSA) is 24.5 Å². The summed E-state index contributed by atoms with van der Waals surface area (Å²) in [5, 5.41) is 3.44. The lowest BCUT2D eigenvalue weighted by molar-refractivity contribution is -0.175. The summed E-state index contributed by atoms with van der Waals surface area (Å²) in [4.78, 5) is 2.29. The maximum Gasteiger partial charge on any atom is 0.411 e. The van der Waals surface area contributed by atoms with E-state index < -0.39 is 12.8 Å². The van der Waals surface area contributed by atoms with Crippen LogP contribution in [0.4, 0.5) is 13.2 Å². The van der Waals surface area contributed by atoms with Crippen LogP contribution in [-0.4, -0.2) is 56.0 Å². The Kier molecular flexibility index (Phi) is 4.50. The van der Waals surface area contributed by atoms with Crippen LogP contribution in [0.25, 0.3) is 0 Å². The van der Waals surface area contributed by atoms with Crippen molar-refractivity contribution < 1.29 is 17.9 Å². The fourth-order valence-electron chi connectivity index (χ4n) is 2.58. The summed E-state index contributed by atoms with van der Waals surface area (Å²) < 4.78 is 40.5. The van der Waals surface area contributed by atoms with Gasteiger partial charge in [0.2, 0.25) is 0 Å². The van der Waals surface area contributed by atoms with Gasteiger partial charge in [-0.25, -0.2) is 0 Å². The van der Waals surface area contributed by atoms with Crippen molar-refractivity contribution in [3.05, 3.63) is 0 Å². The maximum atomic E-state index is 11.9. The van der Waals surface area contributed by atoms with Gasteiger partial charge in [0.05, 0.1) is 6.61 Å². The number of nitrogens with zero attached hydrogens (tertiary/aromatic N) is 1. The molecule has 1 aliphatic carbocycles. The first-order valence-corrected chi connectivity index (χ1v) is 6.57. The molecule has 0 amide bonds. The fraction of sp³-hybridized carbons (Fsp3) is 1.00. The van der Waals surface area contributed by atoms with Crippen molar-refractivity contribution in [2.24, 2.45) is 5.92 Å². The average Bonchev–Trinajstić information content (AvgIpc) is 3.07. The molecule has 2 rings (SSSR count). The number of rotatable bonds is 5. The Balaban J connectivity index is 1.71. The van der Waals surface area contributed by atoms with Crippen LogP contribution in [0.5, 0.6) is 0 Å². The highest BCUT2D eigenvalue weighted by Crippen LogP contribution is 2.36. The Morgan fingerprint density at radius 2 is 2.06 bits per heavy atom. The molecule has 0 aromatic carbocycles. The Bertz CT molecular complexity index is 269. The summed E-state index contributed by atoms with van der Waals surface area (Å²) in [7, 11) is 0. The third-order valence-electron chi connectivity index (χ3n) is 3.61. The van der Waals surface area contributed by atoms with Gasteiger partial charge in [-0.15, -0.1) is 0 Å². The highest BCUT2D eigenvalue weighted by molar-refractivity contribution is 4.94. The van der Waals surface area contributed by atoms with E-state index in [1.54, 1.807) is 0 Å². The molecule has 1 aliphatic heterocycles. The number of nitrogens with one attached hydrogen (secondary N) is 1. The first-order chi connectivity index (χ1) is 8.46. The Labute approximate surface area is 106 Å². The Hall–Kier alpha value is -0.330. The van der Waals surface area contributed by atoms with Crippen LogP contribution in [0, 0.1) is 5.92 Å². The van der Waals surface area contributed by atoms with Gasteiger partial charge in [0.1, 0.15) is 6.61 Å². The van der Waals surface area contributed by atoms with E-state index in [4.69, 9.17) is 4.74 Å². The molecule has 0 bridgehead atoms. The minimum absolute atomic E-state index is 0.162. The molecular formula is C12H21F3N2O. The fourth-order valence-corrected chi connectivity index (χ4v) is 2.58. The molecule has 1 saturated heterocycles. The maximum absolute atomic E-state index is 11.9. The molecule has 0 radical (unpaired) electrons. The minimum atomic E-state index is -4.22. The zero-order chi connectivity index (χ0) is 13.2. The van der Waals surface area contributed by atoms with Gasteiger partial charge in [-0.05, 0) is 25.7 Å². The number of hydrogen-bond acceptors (Lipinski definition) is 3. The lowest BCUT2D eigenvalue weighted by Crippen LogP contribution is -2.57. The molecule has 2 unspecified atom stereocenters. The van der Waals surface area contributed by atoms with Gasteiger partial charge in [0, 0.05) is 31.7 Å². The van der Waals surface area contributed by atoms with E-state index in [2.05, 4.69) is 17.1 Å². The van der Waals surface area contributed by atoms with Crippen LogP contribution in [0.3, 0.4) is 0 Å². The van der Waals surface area contributed by atoms with Crippen LogP contribution in [0.1, 0.15) is 19.8 Å².